The molecule has 0 heterocycles. The molecule has 0 saturated carbocycles. The molecule has 0 aliphatic rings. The highest BCUT2D eigenvalue weighted by molar-refractivity contribution is 9.10. The summed E-state index contributed by atoms with van der Waals surface area (Å²) in [6.45, 7) is 0. The summed E-state index contributed by atoms with van der Waals surface area (Å²) < 4.78 is 19.4. The minimum absolute atomic E-state index is 0.0251. The van der Waals surface area contributed by atoms with Crippen molar-refractivity contribution in [1.29, 1.82) is 0 Å². The average molecular weight is 346 g/mol. The van der Waals surface area contributed by atoms with E-state index in [1.165, 1.54) is 19.2 Å². The Hall–Kier alpha value is -1.10. The van der Waals surface area contributed by atoms with Crippen molar-refractivity contribution in [1.82, 2.24) is 0 Å². The van der Waals surface area contributed by atoms with Gasteiger partial charge in [-0.3, -0.25) is 0 Å². The summed E-state index contributed by atoms with van der Waals surface area (Å²) in [6, 6.07) is 9.48. The van der Waals surface area contributed by atoms with Crippen molar-refractivity contribution in [3.05, 3.63) is 62.8 Å². The Balaban J connectivity index is 2.45. The predicted molar refractivity (Wildman–Crippen MR) is 76.2 cm³/mol. The molecule has 2 rings (SSSR count). The molecule has 1 atom stereocenters. The first kappa shape index (κ1) is 14.3. The zero-order valence-electron chi connectivity index (χ0n) is 10.0. The summed E-state index contributed by atoms with van der Waals surface area (Å²) in [4.78, 5) is 0. The lowest BCUT2D eigenvalue weighted by molar-refractivity contribution is 0.214. The van der Waals surface area contributed by atoms with Crippen LogP contribution in [0.5, 0.6) is 5.75 Å². The van der Waals surface area contributed by atoms with Crippen LogP contribution in [0.2, 0.25) is 5.02 Å². The fourth-order valence-electron chi connectivity index (χ4n) is 1.78. The van der Waals surface area contributed by atoms with E-state index >= 15 is 0 Å². The molecule has 0 fully saturated rings. The normalized spacial score (nSPS) is 12.3. The Kier molecular flexibility index (Phi) is 4.45. The van der Waals surface area contributed by atoms with Crippen molar-refractivity contribution in [2.24, 2.45) is 0 Å². The maximum absolute atomic E-state index is 13.4. The van der Waals surface area contributed by atoms with Gasteiger partial charge in [0.25, 0.3) is 0 Å². The molecule has 0 spiro atoms. The van der Waals surface area contributed by atoms with Crippen LogP contribution < -0.4 is 4.74 Å². The zero-order valence-corrected chi connectivity index (χ0v) is 12.4. The first-order valence-electron chi connectivity index (χ1n) is 5.49. The van der Waals surface area contributed by atoms with Gasteiger partial charge in [-0.25, -0.2) is 4.39 Å². The topological polar surface area (TPSA) is 29.5 Å². The van der Waals surface area contributed by atoms with Crippen LogP contribution in [0.15, 0.2) is 40.9 Å². The van der Waals surface area contributed by atoms with Crippen LogP contribution in [-0.2, 0) is 0 Å². The van der Waals surface area contributed by atoms with Crippen molar-refractivity contribution < 1.29 is 14.2 Å². The number of hydrogen-bond acceptors (Lipinski definition) is 2. The summed E-state index contributed by atoms with van der Waals surface area (Å²) >= 11 is 8.96. The fourth-order valence-corrected chi connectivity index (χ4v) is 2.28. The van der Waals surface area contributed by atoms with Crippen molar-refractivity contribution in [3.63, 3.8) is 0 Å². The van der Waals surface area contributed by atoms with Gasteiger partial charge in [0.2, 0.25) is 0 Å². The molecule has 0 radical (unpaired) electrons. The van der Waals surface area contributed by atoms with Crippen LogP contribution >= 0.6 is 27.5 Å². The molecule has 19 heavy (non-hydrogen) atoms. The van der Waals surface area contributed by atoms with Gasteiger partial charge in [-0.2, -0.15) is 0 Å². The summed E-state index contributed by atoms with van der Waals surface area (Å²) in [5.74, 6) is -0.0294. The van der Waals surface area contributed by atoms with Gasteiger partial charge in [-0.05, 0) is 35.9 Å². The largest absolute Gasteiger partial charge is 0.496 e. The number of benzene rings is 2. The summed E-state index contributed by atoms with van der Waals surface area (Å²) in [5, 5.41) is 10.4. The van der Waals surface area contributed by atoms with Crippen LogP contribution in [0.4, 0.5) is 4.39 Å². The summed E-state index contributed by atoms with van der Waals surface area (Å²) in [5.41, 5.74) is 0.969. The molecule has 0 saturated heterocycles. The van der Waals surface area contributed by atoms with Crippen molar-refractivity contribution in [2.75, 3.05) is 7.11 Å². The van der Waals surface area contributed by atoms with Gasteiger partial charge < -0.3 is 9.84 Å². The second kappa shape index (κ2) is 5.90. The second-order valence-electron chi connectivity index (χ2n) is 3.96. The van der Waals surface area contributed by atoms with Crippen LogP contribution in [0.25, 0.3) is 0 Å². The Morgan fingerprint density at radius 2 is 2.00 bits per heavy atom. The molecule has 1 N–H and O–H groups in total. The van der Waals surface area contributed by atoms with E-state index in [0.717, 1.165) is 4.47 Å². The highest BCUT2D eigenvalue weighted by Gasteiger charge is 2.17. The molecular weight excluding hydrogens is 335 g/mol. The smallest absolute Gasteiger partial charge is 0.142 e. The van der Waals surface area contributed by atoms with Gasteiger partial charge in [0.1, 0.15) is 17.7 Å². The number of rotatable bonds is 3. The van der Waals surface area contributed by atoms with Crippen LogP contribution in [0.1, 0.15) is 17.2 Å². The van der Waals surface area contributed by atoms with Crippen molar-refractivity contribution >= 4 is 27.5 Å². The van der Waals surface area contributed by atoms with Crippen LogP contribution in [-0.4, -0.2) is 12.2 Å². The van der Waals surface area contributed by atoms with Gasteiger partial charge in [-0.1, -0.05) is 33.6 Å². The first-order valence-corrected chi connectivity index (χ1v) is 6.66. The molecule has 100 valence electrons. The summed E-state index contributed by atoms with van der Waals surface area (Å²) in [7, 11) is 1.52. The molecule has 1 unspecified atom stereocenters. The van der Waals surface area contributed by atoms with E-state index in [0.29, 0.717) is 16.9 Å². The fraction of sp³-hybridized carbons (Fsp3) is 0.143. The highest BCUT2D eigenvalue weighted by Crippen LogP contribution is 2.33. The second-order valence-corrected chi connectivity index (χ2v) is 5.29. The van der Waals surface area contributed by atoms with E-state index < -0.39 is 11.9 Å². The highest BCUT2D eigenvalue weighted by atomic mass is 79.9. The molecule has 0 aliphatic heterocycles. The molecule has 0 aliphatic carbocycles. The van der Waals surface area contributed by atoms with Gasteiger partial charge in [0, 0.05) is 10.0 Å². The van der Waals surface area contributed by atoms with E-state index in [1.807, 2.05) is 0 Å². The Morgan fingerprint density at radius 3 is 2.63 bits per heavy atom. The molecule has 0 aromatic heterocycles. The van der Waals surface area contributed by atoms with Crippen molar-refractivity contribution in [3.8, 4) is 5.75 Å². The predicted octanol–water partition coefficient (Wildman–Crippen LogP) is 4.33. The molecule has 0 bridgehead atoms. The Morgan fingerprint density at radius 1 is 1.26 bits per heavy atom. The lowest BCUT2D eigenvalue weighted by Gasteiger charge is -2.16. The molecule has 2 aromatic carbocycles. The molecule has 2 aromatic rings. The maximum Gasteiger partial charge on any atom is 0.142 e. The minimum atomic E-state index is -0.987. The van der Waals surface area contributed by atoms with Crippen molar-refractivity contribution in [2.45, 2.75) is 6.10 Å². The third kappa shape index (κ3) is 3.08. The number of methoxy groups -OCH3 is 1. The number of ether oxygens (including phenoxy) is 1. The van der Waals surface area contributed by atoms with E-state index in [9.17, 15) is 9.50 Å². The van der Waals surface area contributed by atoms with Gasteiger partial charge in [0.05, 0.1) is 12.1 Å². The lowest BCUT2D eigenvalue weighted by Crippen LogP contribution is -2.03. The third-order valence-electron chi connectivity index (χ3n) is 2.75. The zero-order chi connectivity index (χ0) is 14.0. The molecular formula is C14H11BrClFO2. The number of aliphatic hydroxyl groups is 1. The molecule has 5 heteroatoms. The van der Waals surface area contributed by atoms with E-state index in [-0.39, 0.29) is 5.02 Å². The maximum atomic E-state index is 13.4. The third-order valence-corrected chi connectivity index (χ3v) is 3.55. The van der Waals surface area contributed by atoms with Gasteiger partial charge in [-0.15, -0.1) is 0 Å². The molecule has 2 nitrogen and oxygen atoms in total. The molecule has 0 amide bonds. The lowest BCUT2D eigenvalue weighted by atomic mass is 10.0. The van der Waals surface area contributed by atoms with Gasteiger partial charge >= 0.3 is 0 Å². The van der Waals surface area contributed by atoms with E-state index in [1.54, 1.807) is 24.3 Å². The average Bonchev–Trinajstić information content (AvgIpc) is 2.41. The SMILES string of the molecule is COc1ccc(Br)cc1C(O)c1ccc(Cl)c(F)c1. The Labute approximate surface area is 123 Å². The quantitative estimate of drug-likeness (QED) is 0.897. The van der Waals surface area contributed by atoms with Crippen LogP contribution in [0, 0.1) is 5.82 Å². The van der Waals surface area contributed by atoms with Crippen LogP contribution in [0.3, 0.4) is 0 Å². The summed E-state index contributed by atoms with van der Waals surface area (Å²) in [6.07, 6.45) is -0.987. The first-order chi connectivity index (χ1) is 9.02. The number of aliphatic hydroxyl groups excluding tert-OH is 1. The number of hydrogen-bond donors (Lipinski definition) is 1. The Bertz CT molecular complexity index is 604. The standard InChI is InChI=1S/C14H11BrClFO2/c1-19-13-5-3-9(15)7-10(13)14(18)8-2-4-11(16)12(17)6-8/h2-7,14,18H,1H3. The van der Waals surface area contributed by atoms with E-state index in [2.05, 4.69) is 15.9 Å². The van der Waals surface area contributed by atoms with Gasteiger partial charge in [0.15, 0.2) is 0 Å². The minimum Gasteiger partial charge on any atom is -0.496 e. The monoisotopic (exact) mass is 344 g/mol. The van der Waals surface area contributed by atoms with E-state index in [4.69, 9.17) is 16.3 Å². The number of halogens is 3.